The van der Waals surface area contributed by atoms with Crippen LogP contribution < -0.4 is 5.73 Å². The third kappa shape index (κ3) is 2.07. The summed E-state index contributed by atoms with van der Waals surface area (Å²) in [6.07, 6.45) is 1.09. The number of aliphatic hydroxyl groups excluding tert-OH is 1. The van der Waals surface area contributed by atoms with Crippen molar-refractivity contribution in [3.63, 3.8) is 0 Å². The Bertz CT molecular complexity index is 214. The number of carbonyl (C=O) groups excluding carboxylic acids is 1. The molecule has 0 spiro atoms. The number of β-amino-alcohol motifs (C(OH)–C–C–N with tert-alkyl or cyclic N) is 1. The van der Waals surface area contributed by atoms with Crippen molar-refractivity contribution in [2.24, 2.45) is 11.1 Å². The second-order valence-corrected chi connectivity index (χ2v) is 4.31. The summed E-state index contributed by atoms with van der Waals surface area (Å²) >= 11 is 0. The zero-order chi connectivity index (χ0) is 10.8. The summed E-state index contributed by atoms with van der Waals surface area (Å²) in [4.78, 5) is 13.7. The van der Waals surface area contributed by atoms with E-state index in [1.54, 1.807) is 4.90 Å². The number of hydrogen-bond donors (Lipinski definition) is 2. The van der Waals surface area contributed by atoms with Crippen molar-refractivity contribution < 1.29 is 9.90 Å². The second-order valence-electron chi connectivity index (χ2n) is 4.31. The van der Waals surface area contributed by atoms with Crippen LogP contribution in [-0.2, 0) is 4.79 Å². The van der Waals surface area contributed by atoms with Crippen molar-refractivity contribution in [1.82, 2.24) is 4.90 Å². The molecule has 0 aliphatic carbocycles. The highest BCUT2D eigenvalue weighted by Crippen LogP contribution is 2.24. The molecule has 2 atom stereocenters. The summed E-state index contributed by atoms with van der Waals surface area (Å²) in [5.74, 6) is 0.0825. The number of nitrogens with two attached hydrogens (primary N) is 1. The third-order valence-corrected chi connectivity index (χ3v) is 3.20. The van der Waals surface area contributed by atoms with E-state index >= 15 is 0 Å². The molecule has 0 radical (unpaired) electrons. The van der Waals surface area contributed by atoms with E-state index in [1.165, 1.54) is 0 Å². The molecule has 1 heterocycles. The van der Waals surface area contributed by atoms with Crippen LogP contribution in [0.1, 0.15) is 26.7 Å². The molecule has 0 aromatic carbocycles. The lowest BCUT2D eigenvalue weighted by molar-refractivity contribution is -0.140. The molecule has 0 saturated carbocycles. The Morgan fingerprint density at radius 3 is 2.71 bits per heavy atom. The van der Waals surface area contributed by atoms with Crippen LogP contribution in [0.3, 0.4) is 0 Å². The smallest absolute Gasteiger partial charge is 0.229 e. The van der Waals surface area contributed by atoms with Gasteiger partial charge in [-0.1, -0.05) is 6.92 Å². The standard InChI is InChI=1S/C10H20N2O2/c1-3-10(2,7-11)9(14)12-5-4-8(13)6-12/h8,13H,3-7,11H2,1-2H3. The van der Waals surface area contributed by atoms with Gasteiger partial charge in [-0.3, -0.25) is 4.79 Å². The molecule has 1 saturated heterocycles. The molecule has 4 nitrogen and oxygen atoms in total. The number of nitrogens with zero attached hydrogens (tertiary/aromatic N) is 1. The van der Waals surface area contributed by atoms with Crippen LogP contribution in [0.5, 0.6) is 0 Å². The lowest BCUT2D eigenvalue weighted by Crippen LogP contribution is -2.45. The molecule has 2 unspecified atom stereocenters. The second kappa shape index (κ2) is 4.28. The minimum Gasteiger partial charge on any atom is -0.391 e. The predicted molar refractivity (Wildman–Crippen MR) is 54.7 cm³/mol. The van der Waals surface area contributed by atoms with Crippen molar-refractivity contribution in [2.75, 3.05) is 19.6 Å². The van der Waals surface area contributed by atoms with Gasteiger partial charge < -0.3 is 15.7 Å². The molecular formula is C10H20N2O2. The Kier molecular flexibility index (Phi) is 3.50. The first-order chi connectivity index (χ1) is 6.53. The Morgan fingerprint density at radius 1 is 1.71 bits per heavy atom. The SMILES string of the molecule is CCC(C)(CN)C(=O)N1CCC(O)C1. The summed E-state index contributed by atoms with van der Waals surface area (Å²) in [6, 6.07) is 0. The summed E-state index contributed by atoms with van der Waals surface area (Å²) in [7, 11) is 0. The zero-order valence-electron chi connectivity index (χ0n) is 8.99. The van der Waals surface area contributed by atoms with Crippen LogP contribution in [0.25, 0.3) is 0 Å². The van der Waals surface area contributed by atoms with Gasteiger partial charge in [-0.05, 0) is 19.8 Å². The van der Waals surface area contributed by atoms with E-state index in [0.717, 1.165) is 6.42 Å². The van der Waals surface area contributed by atoms with Gasteiger partial charge >= 0.3 is 0 Å². The van der Waals surface area contributed by atoms with Gasteiger partial charge in [0.05, 0.1) is 11.5 Å². The van der Waals surface area contributed by atoms with E-state index < -0.39 is 5.41 Å². The van der Waals surface area contributed by atoms with Crippen LogP contribution in [0.4, 0.5) is 0 Å². The largest absolute Gasteiger partial charge is 0.391 e. The Balaban J connectivity index is 2.64. The molecule has 1 fully saturated rings. The van der Waals surface area contributed by atoms with Crippen LogP contribution in [-0.4, -0.2) is 41.7 Å². The monoisotopic (exact) mass is 200 g/mol. The lowest BCUT2D eigenvalue weighted by Gasteiger charge is -2.30. The number of rotatable bonds is 3. The number of aliphatic hydroxyl groups is 1. The quantitative estimate of drug-likeness (QED) is 0.671. The number of hydrogen-bond acceptors (Lipinski definition) is 3. The maximum atomic E-state index is 12.0. The molecule has 0 bridgehead atoms. The van der Waals surface area contributed by atoms with Crippen molar-refractivity contribution in [3.8, 4) is 0 Å². The summed E-state index contributed by atoms with van der Waals surface area (Å²) in [5.41, 5.74) is 5.16. The molecule has 4 heteroatoms. The van der Waals surface area contributed by atoms with E-state index in [0.29, 0.717) is 26.1 Å². The van der Waals surface area contributed by atoms with Gasteiger partial charge in [-0.25, -0.2) is 0 Å². The predicted octanol–water partition coefficient (Wildman–Crippen LogP) is -0.0454. The number of amides is 1. The van der Waals surface area contributed by atoms with Gasteiger partial charge in [-0.15, -0.1) is 0 Å². The van der Waals surface area contributed by atoms with Gasteiger partial charge in [0, 0.05) is 19.6 Å². The maximum absolute atomic E-state index is 12.0. The van der Waals surface area contributed by atoms with E-state index in [4.69, 9.17) is 5.73 Å². The van der Waals surface area contributed by atoms with Gasteiger partial charge in [0.1, 0.15) is 0 Å². The maximum Gasteiger partial charge on any atom is 0.229 e. The van der Waals surface area contributed by atoms with E-state index in [-0.39, 0.29) is 12.0 Å². The summed E-state index contributed by atoms with van der Waals surface area (Å²) < 4.78 is 0. The lowest BCUT2D eigenvalue weighted by atomic mass is 9.86. The number of likely N-dealkylation sites (tertiary alicyclic amines) is 1. The minimum atomic E-state index is -0.454. The van der Waals surface area contributed by atoms with E-state index in [1.807, 2.05) is 13.8 Å². The summed E-state index contributed by atoms with van der Waals surface area (Å²) in [5, 5.41) is 9.33. The molecular weight excluding hydrogens is 180 g/mol. The average molecular weight is 200 g/mol. The first kappa shape index (κ1) is 11.5. The van der Waals surface area contributed by atoms with E-state index in [9.17, 15) is 9.90 Å². The van der Waals surface area contributed by atoms with Crippen molar-refractivity contribution >= 4 is 5.91 Å². The van der Waals surface area contributed by atoms with Gasteiger partial charge in [0.15, 0.2) is 0 Å². The molecule has 1 aliphatic rings. The Labute approximate surface area is 85.1 Å². The molecule has 0 aromatic rings. The van der Waals surface area contributed by atoms with Crippen LogP contribution in [0.2, 0.25) is 0 Å². The van der Waals surface area contributed by atoms with Crippen molar-refractivity contribution in [1.29, 1.82) is 0 Å². The molecule has 0 aromatic heterocycles. The van der Waals surface area contributed by atoms with Crippen LogP contribution in [0, 0.1) is 5.41 Å². The highest BCUT2D eigenvalue weighted by molar-refractivity contribution is 5.82. The molecule has 82 valence electrons. The topological polar surface area (TPSA) is 66.6 Å². The molecule has 1 rings (SSSR count). The Hall–Kier alpha value is -0.610. The fourth-order valence-corrected chi connectivity index (χ4v) is 1.69. The van der Waals surface area contributed by atoms with Gasteiger partial charge in [-0.2, -0.15) is 0 Å². The zero-order valence-corrected chi connectivity index (χ0v) is 8.99. The molecule has 1 amide bonds. The van der Waals surface area contributed by atoms with E-state index in [2.05, 4.69) is 0 Å². The first-order valence-corrected chi connectivity index (χ1v) is 5.21. The van der Waals surface area contributed by atoms with Gasteiger partial charge in [0.2, 0.25) is 5.91 Å². The van der Waals surface area contributed by atoms with Gasteiger partial charge in [0.25, 0.3) is 0 Å². The normalized spacial score (nSPS) is 26.3. The molecule has 14 heavy (non-hydrogen) atoms. The fraction of sp³-hybridized carbons (Fsp3) is 0.900. The average Bonchev–Trinajstić information content (AvgIpc) is 2.62. The highest BCUT2D eigenvalue weighted by Gasteiger charge is 2.36. The number of carbonyl (C=O) groups is 1. The Morgan fingerprint density at radius 2 is 2.36 bits per heavy atom. The fourth-order valence-electron chi connectivity index (χ4n) is 1.69. The summed E-state index contributed by atoms with van der Waals surface area (Å²) in [6.45, 7) is 5.36. The third-order valence-electron chi connectivity index (χ3n) is 3.20. The molecule has 1 aliphatic heterocycles. The molecule has 3 N–H and O–H groups in total. The highest BCUT2D eigenvalue weighted by atomic mass is 16.3. The van der Waals surface area contributed by atoms with Crippen molar-refractivity contribution in [3.05, 3.63) is 0 Å². The minimum absolute atomic E-state index is 0.0825. The van der Waals surface area contributed by atoms with Crippen molar-refractivity contribution in [2.45, 2.75) is 32.8 Å². The van der Waals surface area contributed by atoms with Crippen LogP contribution >= 0.6 is 0 Å². The van der Waals surface area contributed by atoms with Crippen LogP contribution in [0.15, 0.2) is 0 Å². The first-order valence-electron chi connectivity index (χ1n) is 5.21.